The van der Waals surface area contributed by atoms with Gasteiger partial charge in [0.25, 0.3) is 5.91 Å². The van der Waals surface area contributed by atoms with Gasteiger partial charge < -0.3 is 14.5 Å². The minimum atomic E-state index is -0.00414. The highest BCUT2D eigenvalue weighted by atomic mass is 32.1. The fraction of sp³-hybridized carbons (Fsp3) is 0.250. The van der Waals surface area contributed by atoms with E-state index in [1.807, 2.05) is 47.4 Å². The lowest BCUT2D eigenvalue weighted by Crippen LogP contribution is -2.48. The van der Waals surface area contributed by atoms with Crippen molar-refractivity contribution in [3.05, 3.63) is 59.5 Å². The fourth-order valence-electron chi connectivity index (χ4n) is 3.24. The van der Waals surface area contributed by atoms with Gasteiger partial charge in [0.1, 0.15) is 16.3 Å². The standard InChI is InChI=1S/C20H20N4O2S/c1-26-17-9-5-6-15(14-17)18-19(27-22-21-18)20(25)24-12-10-23(11-13-24)16-7-3-2-4-8-16/h2-9,14H,10-13H2,1H3. The van der Waals surface area contributed by atoms with E-state index in [2.05, 4.69) is 26.6 Å². The van der Waals surface area contributed by atoms with Gasteiger partial charge in [0, 0.05) is 37.4 Å². The lowest BCUT2D eigenvalue weighted by molar-refractivity contribution is 0.0752. The van der Waals surface area contributed by atoms with Crippen LogP contribution >= 0.6 is 11.5 Å². The molecule has 27 heavy (non-hydrogen) atoms. The lowest BCUT2D eigenvalue weighted by Gasteiger charge is -2.36. The molecule has 1 aromatic heterocycles. The Morgan fingerprint density at radius 2 is 1.81 bits per heavy atom. The van der Waals surface area contributed by atoms with Gasteiger partial charge in [0.2, 0.25) is 0 Å². The van der Waals surface area contributed by atoms with E-state index in [9.17, 15) is 4.79 Å². The van der Waals surface area contributed by atoms with Gasteiger partial charge in [0.05, 0.1) is 7.11 Å². The van der Waals surface area contributed by atoms with Crippen LogP contribution in [0.4, 0.5) is 5.69 Å². The second-order valence-electron chi connectivity index (χ2n) is 6.30. The number of para-hydroxylation sites is 1. The van der Waals surface area contributed by atoms with Crippen molar-refractivity contribution in [2.45, 2.75) is 0 Å². The summed E-state index contributed by atoms with van der Waals surface area (Å²) in [5.41, 5.74) is 2.66. The first kappa shape index (κ1) is 17.5. The van der Waals surface area contributed by atoms with Crippen LogP contribution < -0.4 is 9.64 Å². The summed E-state index contributed by atoms with van der Waals surface area (Å²) in [5, 5.41) is 4.20. The molecule has 1 amide bonds. The Balaban J connectivity index is 1.49. The van der Waals surface area contributed by atoms with Crippen LogP contribution in [0.3, 0.4) is 0 Å². The number of hydrogen-bond acceptors (Lipinski definition) is 6. The fourth-order valence-corrected chi connectivity index (χ4v) is 3.90. The highest BCUT2D eigenvalue weighted by Crippen LogP contribution is 2.28. The van der Waals surface area contributed by atoms with Gasteiger partial charge in [-0.25, -0.2) is 0 Å². The predicted octanol–water partition coefficient (Wildman–Crippen LogP) is 3.18. The average molecular weight is 380 g/mol. The third kappa shape index (κ3) is 3.64. The number of amides is 1. The van der Waals surface area contributed by atoms with Crippen molar-refractivity contribution in [1.29, 1.82) is 0 Å². The van der Waals surface area contributed by atoms with Gasteiger partial charge in [-0.2, -0.15) is 0 Å². The van der Waals surface area contributed by atoms with Crippen molar-refractivity contribution >= 4 is 23.1 Å². The molecule has 0 bridgehead atoms. The molecule has 2 heterocycles. The van der Waals surface area contributed by atoms with E-state index in [0.29, 0.717) is 23.7 Å². The molecule has 138 valence electrons. The van der Waals surface area contributed by atoms with E-state index < -0.39 is 0 Å². The quantitative estimate of drug-likeness (QED) is 0.696. The minimum Gasteiger partial charge on any atom is -0.497 e. The number of nitrogens with zero attached hydrogens (tertiary/aromatic N) is 4. The van der Waals surface area contributed by atoms with Gasteiger partial charge in [0.15, 0.2) is 0 Å². The third-order valence-corrected chi connectivity index (χ3v) is 5.43. The molecule has 1 aliphatic heterocycles. The van der Waals surface area contributed by atoms with Gasteiger partial charge in [-0.15, -0.1) is 5.10 Å². The maximum Gasteiger partial charge on any atom is 0.268 e. The van der Waals surface area contributed by atoms with Crippen LogP contribution in [0, 0.1) is 0 Å². The van der Waals surface area contributed by atoms with E-state index in [1.54, 1.807) is 7.11 Å². The van der Waals surface area contributed by atoms with E-state index in [-0.39, 0.29) is 5.91 Å². The Morgan fingerprint density at radius 1 is 1.04 bits per heavy atom. The monoisotopic (exact) mass is 380 g/mol. The highest BCUT2D eigenvalue weighted by molar-refractivity contribution is 7.08. The first-order valence-corrected chi connectivity index (χ1v) is 9.59. The molecule has 0 unspecified atom stereocenters. The molecule has 6 nitrogen and oxygen atoms in total. The van der Waals surface area contributed by atoms with Crippen molar-refractivity contribution in [2.75, 3.05) is 38.2 Å². The zero-order valence-electron chi connectivity index (χ0n) is 15.0. The van der Waals surface area contributed by atoms with E-state index >= 15 is 0 Å². The molecule has 1 fully saturated rings. The number of aromatic nitrogens is 2. The number of methoxy groups -OCH3 is 1. The first-order chi connectivity index (χ1) is 13.3. The Kier molecular flexibility index (Phi) is 5.02. The van der Waals surface area contributed by atoms with Gasteiger partial charge >= 0.3 is 0 Å². The van der Waals surface area contributed by atoms with Crippen LogP contribution in [-0.2, 0) is 0 Å². The lowest BCUT2D eigenvalue weighted by atomic mass is 10.1. The predicted molar refractivity (Wildman–Crippen MR) is 106 cm³/mol. The summed E-state index contributed by atoms with van der Waals surface area (Å²) in [6.45, 7) is 3.00. The second-order valence-corrected chi connectivity index (χ2v) is 7.05. The molecule has 7 heteroatoms. The molecule has 3 aromatic rings. The number of piperazine rings is 1. The largest absolute Gasteiger partial charge is 0.497 e. The average Bonchev–Trinajstić information content (AvgIpc) is 3.24. The van der Waals surface area contributed by atoms with Crippen molar-refractivity contribution in [1.82, 2.24) is 14.5 Å². The molecule has 0 radical (unpaired) electrons. The normalized spacial score (nSPS) is 14.3. The van der Waals surface area contributed by atoms with Crippen LogP contribution in [0.2, 0.25) is 0 Å². The Labute approximate surface area is 162 Å². The highest BCUT2D eigenvalue weighted by Gasteiger charge is 2.26. The molecule has 1 saturated heterocycles. The van der Waals surface area contributed by atoms with Crippen molar-refractivity contribution < 1.29 is 9.53 Å². The van der Waals surface area contributed by atoms with Crippen LogP contribution in [0.15, 0.2) is 54.6 Å². The van der Waals surface area contributed by atoms with Crippen LogP contribution in [0.25, 0.3) is 11.3 Å². The molecule has 0 spiro atoms. The zero-order valence-corrected chi connectivity index (χ0v) is 15.9. The first-order valence-electron chi connectivity index (χ1n) is 8.82. The topological polar surface area (TPSA) is 58.6 Å². The van der Waals surface area contributed by atoms with Crippen LogP contribution in [-0.4, -0.2) is 53.7 Å². The summed E-state index contributed by atoms with van der Waals surface area (Å²) in [5.74, 6) is 0.728. The molecule has 0 aliphatic carbocycles. The summed E-state index contributed by atoms with van der Waals surface area (Å²) < 4.78 is 9.30. The van der Waals surface area contributed by atoms with Gasteiger partial charge in [-0.05, 0) is 35.8 Å². The molecule has 4 rings (SSSR count). The maximum atomic E-state index is 13.1. The Bertz CT molecular complexity index is 920. The summed E-state index contributed by atoms with van der Waals surface area (Å²) in [6, 6.07) is 17.8. The number of anilines is 1. The minimum absolute atomic E-state index is 0.00414. The molecule has 0 atom stereocenters. The van der Waals surface area contributed by atoms with Crippen LogP contribution in [0.1, 0.15) is 9.67 Å². The molecule has 0 N–H and O–H groups in total. The van der Waals surface area contributed by atoms with Crippen molar-refractivity contribution in [3.63, 3.8) is 0 Å². The summed E-state index contributed by atoms with van der Waals surface area (Å²) in [7, 11) is 1.62. The number of hydrogen-bond donors (Lipinski definition) is 0. The number of rotatable bonds is 4. The number of carbonyl (C=O) groups is 1. The van der Waals surface area contributed by atoms with E-state index in [4.69, 9.17) is 4.74 Å². The maximum absolute atomic E-state index is 13.1. The van der Waals surface area contributed by atoms with Gasteiger partial charge in [-0.1, -0.05) is 34.8 Å². The summed E-state index contributed by atoms with van der Waals surface area (Å²) >= 11 is 1.15. The number of ether oxygens (including phenoxy) is 1. The molecule has 1 aliphatic rings. The number of carbonyl (C=O) groups excluding carboxylic acids is 1. The molecule has 0 saturated carbocycles. The summed E-state index contributed by atoms with van der Waals surface area (Å²) in [4.78, 5) is 17.8. The third-order valence-electron chi connectivity index (χ3n) is 4.71. The van der Waals surface area contributed by atoms with E-state index in [1.165, 1.54) is 5.69 Å². The van der Waals surface area contributed by atoms with Crippen molar-refractivity contribution in [2.24, 2.45) is 0 Å². The molecular formula is C20H20N4O2S. The SMILES string of the molecule is COc1cccc(-c2nnsc2C(=O)N2CCN(c3ccccc3)CC2)c1. The van der Waals surface area contributed by atoms with Gasteiger partial charge in [-0.3, -0.25) is 4.79 Å². The molecule has 2 aromatic carbocycles. The zero-order chi connectivity index (χ0) is 18.6. The Morgan fingerprint density at radius 3 is 2.56 bits per heavy atom. The molecular weight excluding hydrogens is 360 g/mol. The second kappa shape index (κ2) is 7.75. The van der Waals surface area contributed by atoms with E-state index in [0.717, 1.165) is 35.9 Å². The van der Waals surface area contributed by atoms with Crippen LogP contribution in [0.5, 0.6) is 5.75 Å². The van der Waals surface area contributed by atoms with Crippen molar-refractivity contribution in [3.8, 4) is 17.0 Å². The summed E-state index contributed by atoms with van der Waals surface area (Å²) in [6.07, 6.45) is 0. The Hall–Kier alpha value is -2.93. The smallest absolute Gasteiger partial charge is 0.268 e. The number of benzene rings is 2.